The van der Waals surface area contributed by atoms with Crippen LogP contribution in [0.1, 0.15) is 10.5 Å². The van der Waals surface area contributed by atoms with Gasteiger partial charge in [-0.05, 0) is 46.9 Å². The Labute approximate surface area is 117 Å². The third-order valence-electron chi connectivity index (χ3n) is 2.16. The van der Waals surface area contributed by atoms with Crippen LogP contribution in [-0.4, -0.2) is 16.1 Å². The van der Waals surface area contributed by atoms with Gasteiger partial charge >= 0.3 is 5.97 Å². The van der Waals surface area contributed by atoms with E-state index in [0.717, 1.165) is 9.13 Å². The SMILES string of the molecule is O=C(O)c1ccc(Cl)c(-c2cccc(I)c2)n1. The molecule has 0 bridgehead atoms. The number of benzene rings is 1. The molecule has 0 radical (unpaired) electrons. The molecule has 1 N–H and O–H groups in total. The van der Waals surface area contributed by atoms with Gasteiger partial charge in [-0.1, -0.05) is 23.7 Å². The zero-order valence-corrected chi connectivity index (χ0v) is 11.4. The molecule has 2 rings (SSSR count). The molecule has 86 valence electrons. The van der Waals surface area contributed by atoms with E-state index in [9.17, 15) is 4.79 Å². The van der Waals surface area contributed by atoms with Gasteiger partial charge in [0.05, 0.1) is 10.7 Å². The van der Waals surface area contributed by atoms with Gasteiger partial charge in [0.2, 0.25) is 0 Å². The second kappa shape index (κ2) is 5.01. The Bertz CT molecular complexity index is 586. The summed E-state index contributed by atoms with van der Waals surface area (Å²) in [5, 5.41) is 9.34. The third kappa shape index (κ3) is 2.76. The lowest BCUT2D eigenvalue weighted by Gasteiger charge is -2.05. The predicted molar refractivity (Wildman–Crippen MR) is 74.4 cm³/mol. The average molecular weight is 360 g/mol. The molecule has 1 aromatic heterocycles. The van der Waals surface area contributed by atoms with Gasteiger partial charge in [-0.3, -0.25) is 0 Å². The third-order valence-corrected chi connectivity index (χ3v) is 3.14. The monoisotopic (exact) mass is 359 g/mol. The molecule has 0 saturated carbocycles. The topological polar surface area (TPSA) is 50.2 Å². The summed E-state index contributed by atoms with van der Waals surface area (Å²) in [6.45, 7) is 0. The fourth-order valence-corrected chi connectivity index (χ4v) is 2.16. The number of hydrogen-bond donors (Lipinski definition) is 1. The molecule has 1 aromatic carbocycles. The molecule has 0 spiro atoms. The Morgan fingerprint density at radius 1 is 1.29 bits per heavy atom. The van der Waals surface area contributed by atoms with Gasteiger partial charge in [0.1, 0.15) is 5.69 Å². The van der Waals surface area contributed by atoms with Crippen molar-refractivity contribution in [3.63, 3.8) is 0 Å². The number of carbonyl (C=O) groups is 1. The maximum atomic E-state index is 10.9. The lowest BCUT2D eigenvalue weighted by atomic mass is 10.1. The van der Waals surface area contributed by atoms with E-state index in [4.69, 9.17) is 16.7 Å². The first kappa shape index (κ1) is 12.3. The second-order valence-electron chi connectivity index (χ2n) is 3.34. The maximum Gasteiger partial charge on any atom is 0.354 e. The van der Waals surface area contributed by atoms with E-state index >= 15 is 0 Å². The first-order valence-corrected chi connectivity index (χ1v) is 6.19. The Morgan fingerprint density at radius 2 is 2.06 bits per heavy atom. The van der Waals surface area contributed by atoms with Crippen molar-refractivity contribution in [2.45, 2.75) is 0 Å². The van der Waals surface area contributed by atoms with Gasteiger partial charge in [-0.25, -0.2) is 9.78 Å². The standard InChI is InChI=1S/C12H7ClINO2/c13-9-4-5-10(12(16)17)15-11(9)7-2-1-3-8(14)6-7/h1-6H,(H,16,17). The summed E-state index contributed by atoms with van der Waals surface area (Å²) in [5.74, 6) is -1.06. The summed E-state index contributed by atoms with van der Waals surface area (Å²) in [6, 6.07) is 10.5. The minimum Gasteiger partial charge on any atom is -0.477 e. The minimum absolute atomic E-state index is 0.0109. The summed E-state index contributed by atoms with van der Waals surface area (Å²) >= 11 is 8.21. The molecule has 0 unspecified atom stereocenters. The summed E-state index contributed by atoms with van der Waals surface area (Å²) < 4.78 is 1.04. The molecule has 2 aromatic rings. The number of aromatic carboxylic acids is 1. The number of pyridine rings is 1. The average Bonchev–Trinajstić information content (AvgIpc) is 2.29. The molecule has 1 heterocycles. The van der Waals surface area contributed by atoms with Crippen LogP contribution in [0.4, 0.5) is 0 Å². The molecule has 0 fully saturated rings. The van der Waals surface area contributed by atoms with Crippen LogP contribution in [0.5, 0.6) is 0 Å². The van der Waals surface area contributed by atoms with E-state index < -0.39 is 5.97 Å². The summed E-state index contributed by atoms with van der Waals surface area (Å²) in [4.78, 5) is 14.9. The Balaban J connectivity index is 2.58. The minimum atomic E-state index is -1.06. The van der Waals surface area contributed by atoms with Crippen LogP contribution in [0.3, 0.4) is 0 Å². The summed E-state index contributed by atoms with van der Waals surface area (Å²) in [5.41, 5.74) is 1.29. The molecular formula is C12H7ClINO2. The van der Waals surface area contributed by atoms with Gasteiger partial charge in [-0.2, -0.15) is 0 Å². The van der Waals surface area contributed by atoms with Crippen molar-refractivity contribution in [3.8, 4) is 11.3 Å². The predicted octanol–water partition coefficient (Wildman–Crippen LogP) is 3.70. The Hall–Kier alpha value is -1.14. The van der Waals surface area contributed by atoms with Gasteiger partial charge in [0, 0.05) is 9.13 Å². The molecule has 0 aliphatic rings. The van der Waals surface area contributed by atoms with Gasteiger partial charge < -0.3 is 5.11 Å². The first-order valence-electron chi connectivity index (χ1n) is 4.73. The number of nitrogens with zero attached hydrogens (tertiary/aromatic N) is 1. The lowest BCUT2D eigenvalue weighted by molar-refractivity contribution is 0.0690. The molecule has 0 aliphatic heterocycles. The highest BCUT2D eigenvalue weighted by molar-refractivity contribution is 14.1. The van der Waals surface area contributed by atoms with Crippen molar-refractivity contribution in [1.82, 2.24) is 4.98 Å². The highest BCUT2D eigenvalue weighted by atomic mass is 127. The van der Waals surface area contributed by atoms with Gasteiger partial charge in [0.25, 0.3) is 0 Å². The normalized spacial score (nSPS) is 10.2. The largest absolute Gasteiger partial charge is 0.477 e. The number of aromatic nitrogens is 1. The van der Waals surface area contributed by atoms with Gasteiger partial charge in [-0.15, -0.1) is 0 Å². The van der Waals surface area contributed by atoms with E-state index in [1.54, 1.807) is 6.07 Å². The second-order valence-corrected chi connectivity index (χ2v) is 5.00. The van der Waals surface area contributed by atoms with E-state index in [1.165, 1.54) is 6.07 Å². The van der Waals surface area contributed by atoms with Crippen LogP contribution >= 0.6 is 34.2 Å². The Morgan fingerprint density at radius 3 is 2.71 bits per heavy atom. The van der Waals surface area contributed by atoms with Crippen molar-refractivity contribution >= 4 is 40.2 Å². The van der Waals surface area contributed by atoms with Crippen LogP contribution in [-0.2, 0) is 0 Å². The maximum absolute atomic E-state index is 10.9. The number of rotatable bonds is 2. The zero-order valence-electron chi connectivity index (χ0n) is 8.52. The fraction of sp³-hybridized carbons (Fsp3) is 0. The highest BCUT2D eigenvalue weighted by Gasteiger charge is 2.10. The molecule has 0 amide bonds. The molecule has 0 atom stereocenters. The molecule has 0 saturated heterocycles. The van der Waals surface area contributed by atoms with Crippen LogP contribution < -0.4 is 0 Å². The van der Waals surface area contributed by atoms with Crippen molar-refractivity contribution < 1.29 is 9.90 Å². The van der Waals surface area contributed by atoms with Crippen LogP contribution in [0.2, 0.25) is 5.02 Å². The van der Waals surface area contributed by atoms with E-state index in [1.807, 2.05) is 24.3 Å². The number of carboxylic acids is 1. The first-order chi connectivity index (χ1) is 8.08. The van der Waals surface area contributed by atoms with Crippen molar-refractivity contribution in [3.05, 3.63) is 50.7 Å². The highest BCUT2D eigenvalue weighted by Crippen LogP contribution is 2.27. The lowest BCUT2D eigenvalue weighted by Crippen LogP contribution is -2.01. The van der Waals surface area contributed by atoms with Gasteiger partial charge in [0.15, 0.2) is 0 Å². The van der Waals surface area contributed by atoms with Crippen molar-refractivity contribution in [2.75, 3.05) is 0 Å². The van der Waals surface area contributed by atoms with Crippen molar-refractivity contribution in [1.29, 1.82) is 0 Å². The molecule has 3 nitrogen and oxygen atoms in total. The molecule has 17 heavy (non-hydrogen) atoms. The molecule has 0 aliphatic carbocycles. The number of halogens is 2. The summed E-state index contributed by atoms with van der Waals surface area (Å²) in [6.07, 6.45) is 0. The number of carboxylic acid groups (broad SMARTS) is 1. The van der Waals surface area contributed by atoms with E-state index in [0.29, 0.717) is 10.7 Å². The van der Waals surface area contributed by atoms with Crippen LogP contribution in [0.25, 0.3) is 11.3 Å². The van der Waals surface area contributed by atoms with E-state index in [2.05, 4.69) is 27.6 Å². The zero-order chi connectivity index (χ0) is 12.4. The molecular weight excluding hydrogens is 352 g/mol. The smallest absolute Gasteiger partial charge is 0.354 e. The molecule has 5 heteroatoms. The summed E-state index contributed by atoms with van der Waals surface area (Å²) in [7, 11) is 0. The number of hydrogen-bond acceptors (Lipinski definition) is 2. The van der Waals surface area contributed by atoms with E-state index in [-0.39, 0.29) is 5.69 Å². The quantitative estimate of drug-likeness (QED) is 0.832. The van der Waals surface area contributed by atoms with Crippen molar-refractivity contribution in [2.24, 2.45) is 0 Å². The fourth-order valence-electron chi connectivity index (χ4n) is 1.40. The van der Waals surface area contributed by atoms with Crippen LogP contribution in [0, 0.1) is 3.57 Å². The van der Waals surface area contributed by atoms with Crippen LogP contribution in [0.15, 0.2) is 36.4 Å². The Kier molecular flexibility index (Phi) is 3.63.